The van der Waals surface area contributed by atoms with Crippen LogP contribution in [0.15, 0.2) is 29.2 Å². The second-order valence-corrected chi connectivity index (χ2v) is 5.29. The van der Waals surface area contributed by atoms with E-state index in [0.29, 0.717) is 5.56 Å². The Hall–Kier alpha value is -1.88. The van der Waals surface area contributed by atoms with Gasteiger partial charge in [0.05, 0.1) is 18.0 Å². The van der Waals surface area contributed by atoms with Crippen LogP contribution in [-0.2, 0) is 14.8 Å². The van der Waals surface area contributed by atoms with Gasteiger partial charge in [-0.25, -0.2) is 13.1 Å². The first kappa shape index (κ1) is 15.2. The maximum Gasteiger partial charge on any atom is 0.241 e. The highest BCUT2D eigenvalue weighted by atomic mass is 32.2. The molecule has 0 radical (unpaired) electrons. The van der Waals surface area contributed by atoms with E-state index in [0.717, 1.165) is 0 Å². The van der Waals surface area contributed by atoms with Crippen molar-refractivity contribution in [3.8, 4) is 11.8 Å². The minimum absolute atomic E-state index is 0.0784. The standard InChI is InChI=1S/C12H15N3O3S/c1-14-12(16)9-15-19(17,18)11-6-4-10(5-7-11)3-2-8-13/h4-7,15H,8-9,13H2,1H3,(H,14,16). The van der Waals surface area contributed by atoms with Gasteiger partial charge >= 0.3 is 0 Å². The Morgan fingerprint density at radius 3 is 2.47 bits per heavy atom. The molecule has 4 N–H and O–H groups in total. The molecule has 0 fully saturated rings. The summed E-state index contributed by atoms with van der Waals surface area (Å²) in [6, 6.07) is 6.01. The number of hydrogen-bond donors (Lipinski definition) is 3. The first-order valence-corrected chi connectivity index (χ1v) is 6.97. The molecule has 0 saturated heterocycles. The monoisotopic (exact) mass is 281 g/mol. The van der Waals surface area contributed by atoms with Crippen molar-refractivity contribution >= 4 is 15.9 Å². The van der Waals surface area contributed by atoms with Crippen molar-refractivity contribution < 1.29 is 13.2 Å². The smallest absolute Gasteiger partial charge is 0.241 e. The Morgan fingerprint density at radius 1 is 1.32 bits per heavy atom. The summed E-state index contributed by atoms with van der Waals surface area (Å²) in [5, 5.41) is 2.33. The largest absolute Gasteiger partial charge is 0.358 e. The molecule has 0 heterocycles. The normalized spacial score (nSPS) is 10.4. The van der Waals surface area contributed by atoms with Gasteiger partial charge in [-0.3, -0.25) is 4.79 Å². The highest BCUT2D eigenvalue weighted by Crippen LogP contribution is 2.09. The van der Waals surface area contributed by atoms with E-state index in [1.165, 1.54) is 19.2 Å². The van der Waals surface area contributed by atoms with E-state index in [1.807, 2.05) is 0 Å². The SMILES string of the molecule is CNC(=O)CNS(=O)(=O)c1ccc(C#CCN)cc1. The van der Waals surface area contributed by atoms with E-state index >= 15 is 0 Å². The number of likely N-dealkylation sites (N-methyl/N-ethyl adjacent to an activating group) is 1. The molecule has 1 rings (SSSR count). The van der Waals surface area contributed by atoms with Crippen LogP contribution in [0.3, 0.4) is 0 Å². The molecule has 6 nitrogen and oxygen atoms in total. The molecule has 19 heavy (non-hydrogen) atoms. The van der Waals surface area contributed by atoms with E-state index < -0.39 is 15.9 Å². The zero-order chi connectivity index (χ0) is 14.3. The van der Waals surface area contributed by atoms with Crippen LogP contribution in [0.25, 0.3) is 0 Å². The molecule has 0 saturated carbocycles. The lowest BCUT2D eigenvalue weighted by molar-refractivity contribution is -0.119. The molecule has 1 aromatic carbocycles. The van der Waals surface area contributed by atoms with Gasteiger partial charge in [-0.2, -0.15) is 0 Å². The van der Waals surface area contributed by atoms with Crippen LogP contribution in [0.5, 0.6) is 0 Å². The molecular weight excluding hydrogens is 266 g/mol. The van der Waals surface area contributed by atoms with Crippen LogP contribution in [-0.4, -0.2) is 34.5 Å². The topological polar surface area (TPSA) is 101 Å². The van der Waals surface area contributed by atoms with Gasteiger partial charge in [0.25, 0.3) is 0 Å². The van der Waals surface area contributed by atoms with Crippen molar-refractivity contribution in [3.05, 3.63) is 29.8 Å². The van der Waals surface area contributed by atoms with E-state index in [9.17, 15) is 13.2 Å². The van der Waals surface area contributed by atoms with Gasteiger partial charge in [0.15, 0.2) is 0 Å². The summed E-state index contributed by atoms with van der Waals surface area (Å²) in [6.45, 7) is -0.0543. The van der Waals surface area contributed by atoms with Crippen molar-refractivity contribution in [2.75, 3.05) is 20.1 Å². The third-order valence-corrected chi connectivity index (χ3v) is 3.62. The van der Waals surface area contributed by atoms with Gasteiger partial charge in [-0.1, -0.05) is 11.8 Å². The molecule has 0 aliphatic carbocycles. The molecule has 7 heteroatoms. The summed E-state index contributed by atoms with van der Waals surface area (Å²) < 4.78 is 25.9. The summed E-state index contributed by atoms with van der Waals surface area (Å²) >= 11 is 0. The molecule has 0 atom stereocenters. The van der Waals surface area contributed by atoms with E-state index in [1.54, 1.807) is 12.1 Å². The van der Waals surface area contributed by atoms with Crippen LogP contribution in [0.2, 0.25) is 0 Å². The van der Waals surface area contributed by atoms with Crippen molar-refractivity contribution in [2.24, 2.45) is 5.73 Å². The van der Waals surface area contributed by atoms with Gasteiger partial charge in [0.1, 0.15) is 0 Å². The number of carbonyl (C=O) groups excluding carboxylic acids is 1. The Balaban J connectivity index is 2.82. The van der Waals surface area contributed by atoms with Crippen molar-refractivity contribution in [1.82, 2.24) is 10.0 Å². The molecule has 0 unspecified atom stereocenters. The number of rotatable bonds is 4. The molecule has 102 valence electrons. The fourth-order valence-electron chi connectivity index (χ4n) is 1.20. The number of benzene rings is 1. The first-order chi connectivity index (χ1) is 8.99. The molecule has 0 spiro atoms. The van der Waals surface area contributed by atoms with E-state index in [2.05, 4.69) is 21.9 Å². The van der Waals surface area contributed by atoms with E-state index in [4.69, 9.17) is 5.73 Å². The van der Waals surface area contributed by atoms with Crippen LogP contribution in [0, 0.1) is 11.8 Å². The molecule has 0 aromatic heterocycles. The summed E-state index contributed by atoms with van der Waals surface area (Å²) in [6.07, 6.45) is 0. The Labute approximate surface area is 112 Å². The number of amides is 1. The average Bonchev–Trinajstić information content (AvgIpc) is 2.43. The summed E-state index contributed by atoms with van der Waals surface area (Å²) in [4.78, 5) is 11.1. The lowest BCUT2D eigenvalue weighted by Crippen LogP contribution is -2.35. The molecule has 0 aliphatic rings. The molecular formula is C12H15N3O3S. The molecule has 1 aromatic rings. The fraction of sp³-hybridized carbons (Fsp3) is 0.250. The summed E-state index contributed by atoms with van der Waals surface area (Å²) in [7, 11) is -2.25. The van der Waals surface area contributed by atoms with Gasteiger partial charge < -0.3 is 11.1 Å². The quantitative estimate of drug-likeness (QED) is 0.617. The Kier molecular flexibility index (Phi) is 5.51. The zero-order valence-electron chi connectivity index (χ0n) is 10.4. The second-order valence-electron chi connectivity index (χ2n) is 3.53. The third-order valence-electron chi connectivity index (χ3n) is 2.20. The number of sulfonamides is 1. The van der Waals surface area contributed by atoms with Crippen molar-refractivity contribution in [2.45, 2.75) is 4.90 Å². The number of nitrogens with two attached hydrogens (primary N) is 1. The maximum absolute atomic E-state index is 11.8. The predicted octanol–water partition coefficient (Wildman–Crippen LogP) is -0.979. The van der Waals surface area contributed by atoms with E-state index in [-0.39, 0.29) is 18.0 Å². The van der Waals surface area contributed by atoms with Crippen LogP contribution < -0.4 is 15.8 Å². The second kappa shape index (κ2) is 6.89. The van der Waals surface area contributed by atoms with Gasteiger partial charge in [-0.05, 0) is 24.3 Å². The van der Waals surface area contributed by atoms with Gasteiger partial charge in [0.2, 0.25) is 15.9 Å². The average molecular weight is 281 g/mol. The van der Waals surface area contributed by atoms with Crippen molar-refractivity contribution in [1.29, 1.82) is 0 Å². The molecule has 1 amide bonds. The minimum Gasteiger partial charge on any atom is -0.358 e. The number of nitrogens with one attached hydrogen (secondary N) is 2. The van der Waals surface area contributed by atoms with Gasteiger partial charge in [0, 0.05) is 12.6 Å². The zero-order valence-corrected chi connectivity index (χ0v) is 11.3. The van der Waals surface area contributed by atoms with Crippen LogP contribution in [0.4, 0.5) is 0 Å². The summed E-state index contributed by atoms with van der Waals surface area (Å²) in [5.74, 6) is 5.05. The summed E-state index contributed by atoms with van der Waals surface area (Å²) in [5.41, 5.74) is 5.92. The van der Waals surface area contributed by atoms with Gasteiger partial charge in [-0.15, -0.1) is 0 Å². The highest BCUT2D eigenvalue weighted by molar-refractivity contribution is 7.89. The minimum atomic E-state index is -3.69. The van der Waals surface area contributed by atoms with Crippen LogP contribution >= 0.6 is 0 Å². The number of hydrogen-bond acceptors (Lipinski definition) is 4. The Morgan fingerprint density at radius 2 is 1.95 bits per heavy atom. The van der Waals surface area contributed by atoms with Crippen molar-refractivity contribution in [3.63, 3.8) is 0 Å². The lowest BCUT2D eigenvalue weighted by atomic mass is 10.2. The lowest BCUT2D eigenvalue weighted by Gasteiger charge is -2.05. The predicted molar refractivity (Wildman–Crippen MR) is 71.6 cm³/mol. The first-order valence-electron chi connectivity index (χ1n) is 5.49. The van der Waals surface area contributed by atoms with Crippen LogP contribution in [0.1, 0.15) is 5.56 Å². The maximum atomic E-state index is 11.8. The Bertz CT molecular complexity index is 597. The molecule has 0 bridgehead atoms. The number of carbonyl (C=O) groups is 1. The highest BCUT2D eigenvalue weighted by Gasteiger charge is 2.14. The fourth-order valence-corrected chi connectivity index (χ4v) is 2.18. The third kappa shape index (κ3) is 4.71. The molecule has 0 aliphatic heterocycles.